The van der Waals surface area contributed by atoms with Crippen LogP contribution in [0, 0.1) is 17.8 Å². The van der Waals surface area contributed by atoms with E-state index in [1.165, 1.54) is 44.9 Å². The van der Waals surface area contributed by atoms with Crippen LogP contribution in [0.1, 0.15) is 65.2 Å². The molecule has 0 amide bonds. The van der Waals surface area contributed by atoms with Gasteiger partial charge in [-0.1, -0.05) is 39.0 Å². The number of carbonyl (C=O) groups is 1. The molecule has 2 aliphatic carbocycles. The molecule has 2 rings (SSSR count). The molecule has 0 heterocycles. The summed E-state index contributed by atoms with van der Waals surface area (Å²) in [6.07, 6.45) is 9.80. The number of hydrogen-bond acceptors (Lipinski definition) is 3. The van der Waals surface area contributed by atoms with Crippen LogP contribution in [0.4, 0.5) is 0 Å². The minimum absolute atomic E-state index is 0.00280. The lowest BCUT2D eigenvalue weighted by Gasteiger charge is -2.36. The van der Waals surface area contributed by atoms with Crippen molar-refractivity contribution in [1.82, 2.24) is 5.32 Å². The lowest BCUT2D eigenvalue weighted by Crippen LogP contribution is -2.51. The van der Waals surface area contributed by atoms with E-state index >= 15 is 0 Å². The second-order valence-corrected chi connectivity index (χ2v) is 6.65. The van der Waals surface area contributed by atoms with Crippen molar-refractivity contribution in [2.45, 2.75) is 70.8 Å². The van der Waals surface area contributed by atoms with Crippen molar-refractivity contribution in [3.05, 3.63) is 0 Å². The van der Waals surface area contributed by atoms with Crippen LogP contribution in [-0.2, 0) is 9.53 Å². The van der Waals surface area contributed by atoms with E-state index in [9.17, 15) is 4.79 Å². The van der Waals surface area contributed by atoms with Crippen LogP contribution in [-0.4, -0.2) is 25.2 Å². The number of nitrogens with one attached hydrogen (secondary N) is 1. The van der Waals surface area contributed by atoms with Gasteiger partial charge in [0.25, 0.3) is 0 Å². The Hall–Kier alpha value is -0.570. The fourth-order valence-corrected chi connectivity index (χ4v) is 4.73. The first-order valence-corrected chi connectivity index (χ1v) is 8.54. The average Bonchev–Trinajstić information content (AvgIpc) is 2.97. The fraction of sp³-hybridized carbons (Fsp3) is 0.941. The topological polar surface area (TPSA) is 38.3 Å². The summed E-state index contributed by atoms with van der Waals surface area (Å²) in [5.41, 5.74) is -0.00280. The zero-order chi connectivity index (χ0) is 14.6. The Labute approximate surface area is 123 Å². The van der Waals surface area contributed by atoms with Crippen LogP contribution in [0.15, 0.2) is 0 Å². The Morgan fingerprint density at radius 1 is 1.30 bits per heavy atom. The third-order valence-electron chi connectivity index (χ3n) is 5.63. The monoisotopic (exact) mass is 281 g/mol. The van der Waals surface area contributed by atoms with Crippen LogP contribution in [0.2, 0.25) is 0 Å². The molecule has 0 saturated heterocycles. The minimum atomic E-state index is -0.00280. The Morgan fingerprint density at radius 3 is 2.75 bits per heavy atom. The van der Waals surface area contributed by atoms with E-state index in [1.807, 2.05) is 14.0 Å². The minimum Gasteiger partial charge on any atom is -0.466 e. The highest BCUT2D eigenvalue weighted by molar-refractivity contribution is 5.75. The van der Waals surface area contributed by atoms with Gasteiger partial charge in [0.15, 0.2) is 0 Å². The molecule has 0 aromatic heterocycles. The van der Waals surface area contributed by atoms with E-state index in [0.717, 1.165) is 12.3 Å². The summed E-state index contributed by atoms with van der Waals surface area (Å²) < 4.78 is 5.42. The number of carbonyl (C=O) groups excluding carboxylic acids is 1. The summed E-state index contributed by atoms with van der Waals surface area (Å²) in [5.74, 6) is 1.42. The van der Waals surface area contributed by atoms with Crippen molar-refractivity contribution >= 4 is 5.97 Å². The van der Waals surface area contributed by atoms with Crippen molar-refractivity contribution < 1.29 is 9.53 Å². The van der Waals surface area contributed by atoms with Gasteiger partial charge in [-0.2, -0.15) is 0 Å². The van der Waals surface area contributed by atoms with Gasteiger partial charge in [-0.05, 0) is 45.1 Å². The molecule has 116 valence electrons. The summed E-state index contributed by atoms with van der Waals surface area (Å²) in [6, 6.07) is 0. The molecule has 4 atom stereocenters. The van der Waals surface area contributed by atoms with Crippen LogP contribution in [0.3, 0.4) is 0 Å². The summed E-state index contributed by atoms with van der Waals surface area (Å²) in [4.78, 5) is 12.5. The average molecular weight is 281 g/mol. The molecule has 0 bridgehead atoms. The molecule has 0 radical (unpaired) electrons. The van der Waals surface area contributed by atoms with Gasteiger partial charge in [0, 0.05) is 5.54 Å². The molecule has 0 aromatic rings. The normalized spacial score (nSPS) is 36.0. The molecule has 0 aromatic carbocycles. The lowest BCUT2D eigenvalue weighted by molar-refractivity contribution is -0.152. The highest BCUT2D eigenvalue weighted by atomic mass is 16.5. The largest absolute Gasteiger partial charge is 0.466 e. The smallest absolute Gasteiger partial charge is 0.311 e. The first-order valence-electron chi connectivity index (χ1n) is 8.54. The molecule has 2 saturated carbocycles. The van der Waals surface area contributed by atoms with Crippen LogP contribution < -0.4 is 5.32 Å². The third-order valence-corrected chi connectivity index (χ3v) is 5.63. The highest BCUT2D eigenvalue weighted by Crippen LogP contribution is 2.54. The van der Waals surface area contributed by atoms with Crippen molar-refractivity contribution in [2.75, 3.05) is 13.7 Å². The standard InChI is InChI=1S/C17H31NO2/c1-4-6-7-11-17(18-3)12-13-9-8-10-14(13)15(17)16(19)20-5-2/h13-15,18H,4-12H2,1-3H3/t13-,14-,15-,17?/m1/s1. The van der Waals surface area contributed by atoms with Gasteiger partial charge in [0.1, 0.15) is 0 Å². The summed E-state index contributed by atoms with van der Waals surface area (Å²) in [7, 11) is 2.04. The summed E-state index contributed by atoms with van der Waals surface area (Å²) in [6.45, 7) is 4.65. The van der Waals surface area contributed by atoms with E-state index in [4.69, 9.17) is 4.74 Å². The van der Waals surface area contributed by atoms with Gasteiger partial charge in [-0.15, -0.1) is 0 Å². The van der Waals surface area contributed by atoms with Gasteiger partial charge in [-0.3, -0.25) is 4.79 Å². The molecule has 0 spiro atoms. The van der Waals surface area contributed by atoms with E-state index in [-0.39, 0.29) is 17.4 Å². The Kier molecular flexibility index (Phi) is 5.48. The summed E-state index contributed by atoms with van der Waals surface area (Å²) in [5, 5.41) is 3.55. The van der Waals surface area contributed by atoms with E-state index < -0.39 is 0 Å². The van der Waals surface area contributed by atoms with E-state index in [1.54, 1.807) is 0 Å². The number of fused-ring (bicyclic) bond motifs is 1. The van der Waals surface area contributed by atoms with Crippen molar-refractivity contribution in [3.8, 4) is 0 Å². The maximum atomic E-state index is 12.5. The fourth-order valence-electron chi connectivity index (χ4n) is 4.73. The van der Waals surface area contributed by atoms with Crippen LogP contribution >= 0.6 is 0 Å². The number of rotatable bonds is 7. The second kappa shape index (κ2) is 6.93. The SMILES string of the molecule is CCCCCC1(NC)C[C@H]2CCC[C@H]2[C@@H]1C(=O)OCC. The first-order chi connectivity index (χ1) is 9.68. The maximum absolute atomic E-state index is 12.5. The van der Waals surface area contributed by atoms with Crippen molar-refractivity contribution in [3.63, 3.8) is 0 Å². The molecule has 3 nitrogen and oxygen atoms in total. The summed E-state index contributed by atoms with van der Waals surface area (Å²) >= 11 is 0. The molecule has 0 aliphatic heterocycles. The Balaban J connectivity index is 2.16. The Morgan fingerprint density at radius 2 is 2.10 bits per heavy atom. The van der Waals surface area contributed by atoms with Crippen LogP contribution in [0.5, 0.6) is 0 Å². The van der Waals surface area contributed by atoms with Crippen molar-refractivity contribution in [2.24, 2.45) is 17.8 Å². The van der Waals surface area contributed by atoms with Gasteiger partial charge in [-0.25, -0.2) is 0 Å². The number of unbranched alkanes of at least 4 members (excludes halogenated alkanes) is 2. The Bertz CT molecular complexity index is 331. The van der Waals surface area contributed by atoms with Gasteiger partial charge in [0.2, 0.25) is 0 Å². The molecular weight excluding hydrogens is 250 g/mol. The third kappa shape index (κ3) is 2.88. The molecule has 1 unspecified atom stereocenters. The maximum Gasteiger partial charge on any atom is 0.311 e. The zero-order valence-electron chi connectivity index (χ0n) is 13.4. The van der Waals surface area contributed by atoms with E-state index in [2.05, 4.69) is 12.2 Å². The van der Waals surface area contributed by atoms with Gasteiger partial charge < -0.3 is 10.1 Å². The second-order valence-electron chi connectivity index (χ2n) is 6.65. The van der Waals surface area contributed by atoms with Gasteiger partial charge in [0.05, 0.1) is 12.5 Å². The first kappa shape index (κ1) is 15.8. The number of ether oxygens (including phenoxy) is 1. The lowest BCUT2D eigenvalue weighted by atomic mass is 9.78. The highest BCUT2D eigenvalue weighted by Gasteiger charge is 2.57. The molecule has 20 heavy (non-hydrogen) atoms. The quantitative estimate of drug-likeness (QED) is 0.573. The molecule has 2 aliphatic rings. The van der Waals surface area contributed by atoms with E-state index in [0.29, 0.717) is 12.5 Å². The van der Waals surface area contributed by atoms with Crippen molar-refractivity contribution in [1.29, 1.82) is 0 Å². The zero-order valence-corrected chi connectivity index (χ0v) is 13.4. The predicted molar refractivity (Wildman–Crippen MR) is 81.5 cm³/mol. The predicted octanol–water partition coefficient (Wildman–Crippen LogP) is 3.52. The van der Waals surface area contributed by atoms with Gasteiger partial charge >= 0.3 is 5.97 Å². The molecule has 2 fully saturated rings. The van der Waals surface area contributed by atoms with Crippen LogP contribution in [0.25, 0.3) is 0 Å². The number of esters is 1. The molecular formula is C17H31NO2. The molecule has 3 heteroatoms. The number of hydrogen-bond donors (Lipinski definition) is 1. The molecule has 1 N–H and O–H groups in total.